The van der Waals surface area contributed by atoms with Crippen molar-refractivity contribution in [1.82, 2.24) is 0 Å². The molecule has 0 atom stereocenters. The lowest BCUT2D eigenvalue weighted by Crippen LogP contribution is -2.18. The number of nitrogens with one attached hydrogen (secondary N) is 1. The number of anilines is 1. The van der Waals surface area contributed by atoms with Gasteiger partial charge in [0.2, 0.25) is 0 Å². The molecule has 0 radical (unpaired) electrons. The molecule has 3 nitrogen and oxygen atoms in total. The Balaban J connectivity index is 2.54. The van der Waals surface area contributed by atoms with Gasteiger partial charge in [-0.05, 0) is 47.2 Å². The largest absolute Gasteiger partial charge is 0.383 e. The Labute approximate surface area is 121 Å². The van der Waals surface area contributed by atoms with Crippen LogP contribution in [0.3, 0.4) is 0 Å². The summed E-state index contributed by atoms with van der Waals surface area (Å²) in [4.78, 5) is 0. The third-order valence-electron chi connectivity index (χ3n) is 2.17. The van der Waals surface area contributed by atoms with E-state index >= 15 is 0 Å². The minimum absolute atomic E-state index is 0.142. The molecule has 1 aromatic carbocycles. The van der Waals surface area contributed by atoms with Gasteiger partial charge in [0.1, 0.15) is 0 Å². The Kier molecular flexibility index (Phi) is 6.02. The van der Waals surface area contributed by atoms with Crippen LogP contribution in [0.1, 0.15) is 13.3 Å². The second-order valence-electron chi connectivity index (χ2n) is 3.70. The van der Waals surface area contributed by atoms with E-state index in [0.29, 0.717) is 18.0 Å². The van der Waals surface area contributed by atoms with Gasteiger partial charge in [-0.15, -0.1) is 0 Å². The molecule has 0 saturated heterocycles. The first-order chi connectivity index (χ1) is 7.94. The molecular weight excluding hydrogens is 373 g/mol. The van der Waals surface area contributed by atoms with Crippen molar-refractivity contribution in [1.29, 1.82) is 0 Å². The first kappa shape index (κ1) is 15.0. The standard InChI is InChI=1S/C11H15ClINO2S/c1-2-6-17(15,16)7-5-14-11-8-9(13)3-4-10(11)12/h3-4,8,14H,2,5-7H2,1H3. The van der Waals surface area contributed by atoms with Crippen molar-refractivity contribution in [2.45, 2.75) is 13.3 Å². The summed E-state index contributed by atoms with van der Waals surface area (Å²) in [5.74, 6) is 0.386. The summed E-state index contributed by atoms with van der Waals surface area (Å²) in [6.07, 6.45) is 0.659. The van der Waals surface area contributed by atoms with E-state index in [1.165, 1.54) is 0 Å². The van der Waals surface area contributed by atoms with E-state index in [-0.39, 0.29) is 11.5 Å². The van der Waals surface area contributed by atoms with Crippen LogP contribution in [0.25, 0.3) is 0 Å². The Bertz CT molecular complexity index is 476. The van der Waals surface area contributed by atoms with Crippen LogP contribution < -0.4 is 5.32 Å². The van der Waals surface area contributed by atoms with Crippen molar-refractivity contribution in [3.63, 3.8) is 0 Å². The van der Waals surface area contributed by atoms with Gasteiger partial charge in [-0.3, -0.25) is 0 Å². The Morgan fingerprint density at radius 3 is 2.71 bits per heavy atom. The summed E-state index contributed by atoms with van der Waals surface area (Å²) in [6, 6.07) is 5.60. The normalized spacial score (nSPS) is 11.5. The van der Waals surface area contributed by atoms with Crippen molar-refractivity contribution < 1.29 is 8.42 Å². The zero-order valence-corrected chi connectivity index (χ0v) is 13.3. The van der Waals surface area contributed by atoms with Crippen LogP contribution in [0.4, 0.5) is 5.69 Å². The predicted octanol–water partition coefficient (Wildman–Crippen LogP) is 3.18. The molecule has 0 saturated carbocycles. The van der Waals surface area contributed by atoms with E-state index in [2.05, 4.69) is 27.9 Å². The first-order valence-electron chi connectivity index (χ1n) is 5.34. The van der Waals surface area contributed by atoms with Crippen LogP contribution in [0.15, 0.2) is 18.2 Å². The van der Waals surface area contributed by atoms with E-state index in [0.717, 1.165) is 9.26 Å². The average molecular weight is 388 g/mol. The highest BCUT2D eigenvalue weighted by Crippen LogP contribution is 2.23. The summed E-state index contributed by atoms with van der Waals surface area (Å²) in [6.45, 7) is 2.25. The van der Waals surface area contributed by atoms with E-state index < -0.39 is 9.84 Å². The lowest BCUT2D eigenvalue weighted by atomic mass is 10.3. The fourth-order valence-corrected chi connectivity index (χ4v) is 3.30. The van der Waals surface area contributed by atoms with Crippen molar-refractivity contribution in [3.05, 3.63) is 26.8 Å². The molecule has 1 rings (SSSR count). The van der Waals surface area contributed by atoms with Gasteiger partial charge in [-0.2, -0.15) is 0 Å². The third kappa shape index (κ3) is 5.44. The molecular formula is C11H15ClINO2S. The summed E-state index contributed by atoms with van der Waals surface area (Å²) < 4.78 is 24.1. The van der Waals surface area contributed by atoms with Crippen molar-refractivity contribution in [2.24, 2.45) is 0 Å². The molecule has 0 unspecified atom stereocenters. The van der Waals surface area contributed by atoms with Gasteiger partial charge in [0.05, 0.1) is 16.5 Å². The summed E-state index contributed by atoms with van der Waals surface area (Å²) >= 11 is 8.18. The third-order valence-corrected chi connectivity index (χ3v) is 5.03. The fourth-order valence-electron chi connectivity index (χ4n) is 1.39. The monoisotopic (exact) mass is 387 g/mol. The molecule has 0 aliphatic heterocycles. The van der Waals surface area contributed by atoms with Crippen LogP contribution >= 0.6 is 34.2 Å². The van der Waals surface area contributed by atoms with E-state index in [9.17, 15) is 8.42 Å². The minimum atomic E-state index is -2.93. The van der Waals surface area contributed by atoms with Gasteiger partial charge in [-0.1, -0.05) is 18.5 Å². The average Bonchev–Trinajstić information content (AvgIpc) is 2.23. The van der Waals surface area contributed by atoms with Gasteiger partial charge in [0.15, 0.2) is 9.84 Å². The fraction of sp³-hybridized carbons (Fsp3) is 0.455. The molecule has 0 amide bonds. The smallest absolute Gasteiger partial charge is 0.152 e. The number of hydrogen-bond acceptors (Lipinski definition) is 3. The first-order valence-corrected chi connectivity index (χ1v) is 8.62. The van der Waals surface area contributed by atoms with Gasteiger partial charge in [0.25, 0.3) is 0 Å². The number of rotatable bonds is 6. The van der Waals surface area contributed by atoms with Gasteiger partial charge >= 0.3 is 0 Å². The van der Waals surface area contributed by atoms with E-state index in [4.69, 9.17) is 11.6 Å². The topological polar surface area (TPSA) is 46.2 Å². The molecule has 0 aromatic heterocycles. The molecule has 0 heterocycles. The summed E-state index contributed by atoms with van der Waals surface area (Å²) in [5.41, 5.74) is 0.783. The van der Waals surface area contributed by atoms with Crippen LogP contribution in [-0.4, -0.2) is 26.5 Å². The number of hydrogen-bond donors (Lipinski definition) is 1. The van der Waals surface area contributed by atoms with Gasteiger partial charge in [0, 0.05) is 15.9 Å². The second-order valence-corrected chi connectivity index (χ2v) is 7.66. The molecule has 1 N–H and O–H groups in total. The zero-order valence-electron chi connectivity index (χ0n) is 9.54. The lowest BCUT2D eigenvalue weighted by molar-refractivity contribution is 0.595. The Morgan fingerprint density at radius 2 is 2.06 bits per heavy atom. The molecule has 96 valence electrons. The highest BCUT2D eigenvalue weighted by atomic mass is 127. The predicted molar refractivity (Wildman–Crippen MR) is 81.6 cm³/mol. The van der Waals surface area contributed by atoms with Gasteiger partial charge in [-0.25, -0.2) is 8.42 Å². The van der Waals surface area contributed by atoms with Crippen molar-refractivity contribution in [2.75, 3.05) is 23.4 Å². The molecule has 0 fully saturated rings. The maximum atomic E-state index is 11.5. The van der Waals surface area contributed by atoms with Crippen molar-refractivity contribution >= 4 is 49.7 Å². The van der Waals surface area contributed by atoms with E-state index in [1.807, 2.05) is 19.1 Å². The number of halogens is 2. The highest BCUT2D eigenvalue weighted by molar-refractivity contribution is 14.1. The van der Waals surface area contributed by atoms with E-state index in [1.54, 1.807) is 6.07 Å². The maximum Gasteiger partial charge on any atom is 0.152 e. The van der Waals surface area contributed by atoms with Crippen LogP contribution in [-0.2, 0) is 9.84 Å². The molecule has 0 aliphatic carbocycles. The van der Waals surface area contributed by atoms with Crippen molar-refractivity contribution in [3.8, 4) is 0 Å². The molecule has 17 heavy (non-hydrogen) atoms. The SMILES string of the molecule is CCCS(=O)(=O)CCNc1cc(I)ccc1Cl. The van der Waals surface area contributed by atoms with Crippen LogP contribution in [0.2, 0.25) is 5.02 Å². The lowest BCUT2D eigenvalue weighted by Gasteiger charge is -2.09. The quantitative estimate of drug-likeness (QED) is 0.763. The Morgan fingerprint density at radius 1 is 1.35 bits per heavy atom. The van der Waals surface area contributed by atoms with Gasteiger partial charge < -0.3 is 5.32 Å². The Hall–Kier alpha value is -0.0100. The number of benzene rings is 1. The molecule has 1 aromatic rings. The van der Waals surface area contributed by atoms with Crippen LogP contribution in [0.5, 0.6) is 0 Å². The molecule has 0 bridgehead atoms. The van der Waals surface area contributed by atoms with Crippen LogP contribution in [0, 0.1) is 3.57 Å². The minimum Gasteiger partial charge on any atom is -0.383 e. The zero-order chi connectivity index (χ0) is 12.9. The second kappa shape index (κ2) is 6.80. The number of sulfone groups is 1. The highest BCUT2D eigenvalue weighted by Gasteiger charge is 2.09. The summed E-state index contributed by atoms with van der Waals surface area (Å²) in [7, 11) is -2.93. The molecule has 0 spiro atoms. The summed E-state index contributed by atoms with van der Waals surface area (Å²) in [5, 5.41) is 3.66. The molecule has 0 aliphatic rings. The maximum absolute atomic E-state index is 11.5. The molecule has 6 heteroatoms.